The summed E-state index contributed by atoms with van der Waals surface area (Å²) in [6.45, 7) is 0.125. The van der Waals surface area contributed by atoms with Crippen molar-refractivity contribution in [1.29, 1.82) is 0 Å². The summed E-state index contributed by atoms with van der Waals surface area (Å²) in [7, 11) is -1.97. The number of nitrogens with zero attached hydrogens (tertiary/aromatic N) is 1. The Bertz CT molecular complexity index is 720. The summed E-state index contributed by atoms with van der Waals surface area (Å²) in [4.78, 5) is 4.08. The third-order valence-corrected chi connectivity index (χ3v) is 4.40. The zero-order chi connectivity index (χ0) is 15.3. The molecule has 0 fully saturated rings. The second-order valence-electron chi connectivity index (χ2n) is 4.37. The maximum Gasteiger partial charge on any atom is 0.240 e. The number of aromatic nitrogens is 1. The van der Waals surface area contributed by atoms with Crippen molar-refractivity contribution >= 4 is 15.8 Å². The molecule has 2 N–H and O–H groups in total. The Hall–Kier alpha value is -1.99. The molecule has 0 amide bonds. The molecule has 0 saturated carbocycles. The Morgan fingerprint density at radius 2 is 2.00 bits per heavy atom. The van der Waals surface area contributed by atoms with Crippen LogP contribution in [0.1, 0.15) is 5.56 Å². The molecule has 0 radical (unpaired) electrons. The molecule has 1 aromatic heterocycles. The summed E-state index contributed by atoms with van der Waals surface area (Å²) in [6, 6.07) is 9.15. The molecule has 112 valence electrons. The number of nitrogens with one attached hydrogen (secondary N) is 2. The number of anilines is 1. The molecule has 0 aliphatic carbocycles. The van der Waals surface area contributed by atoms with Gasteiger partial charge in [0.1, 0.15) is 11.6 Å². The first-order valence-corrected chi connectivity index (χ1v) is 7.88. The average Bonchev–Trinajstić information content (AvgIpc) is 2.49. The van der Waals surface area contributed by atoms with Crippen molar-refractivity contribution in [2.24, 2.45) is 0 Å². The molecular formula is C14H16FN3O2S. The lowest BCUT2D eigenvalue weighted by atomic mass is 10.1. The van der Waals surface area contributed by atoms with E-state index in [1.807, 2.05) is 0 Å². The Labute approximate surface area is 123 Å². The largest absolute Gasteiger partial charge is 0.373 e. The fourth-order valence-electron chi connectivity index (χ4n) is 1.82. The van der Waals surface area contributed by atoms with E-state index in [0.29, 0.717) is 11.4 Å². The zero-order valence-electron chi connectivity index (χ0n) is 11.5. The normalized spacial score (nSPS) is 11.3. The lowest BCUT2D eigenvalue weighted by molar-refractivity contribution is 0.577. The summed E-state index contributed by atoms with van der Waals surface area (Å²) in [5.41, 5.74) is 0.478. The van der Waals surface area contributed by atoms with Crippen LogP contribution in [0.3, 0.4) is 0 Å². The van der Waals surface area contributed by atoms with E-state index < -0.39 is 10.0 Å². The van der Waals surface area contributed by atoms with E-state index in [1.54, 1.807) is 25.2 Å². The zero-order valence-corrected chi connectivity index (χ0v) is 12.3. The predicted molar refractivity (Wildman–Crippen MR) is 79.1 cm³/mol. The van der Waals surface area contributed by atoms with E-state index in [4.69, 9.17) is 0 Å². The van der Waals surface area contributed by atoms with Crippen molar-refractivity contribution in [1.82, 2.24) is 9.71 Å². The fraction of sp³-hybridized carbons (Fsp3) is 0.214. The van der Waals surface area contributed by atoms with E-state index in [9.17, 15) is 12.8 Å². The first-order valence-electron chi connectivity index (χ1n) is 6.40. The minimum Gasteiger partial charge on any atom is -0.373 e. The molecule has 0 atom stereocenters. The highest BCUT2D eigenvalue weighted by Crippen LogP contribution is 2.12. The SMILES string of the molecule is CNc1cc(S(=O)(=O)NCCc2ccccc2F)ccn1. The molecule has 0 aliphatic heterocycles. The lowest BCUT2D eigenvalue weighted by Crippen LogP contribution is -2.26. The van der Waals surface area contributed by atoms with Gasteiger partial charge in [-0.2, -0.15) is 0 Å². The number of pyridine rings is 1. The van der Waals surface area contributed by atoms with Crippen molar-refractivity contribution in [3.8, 4) is 0 Å². The van der Waals surface area contributed by atoms with Crippen molar-refractivity contribution in [3.05, 3.63) is 54.0 Å². The Balaban J connectivity index is 2.03. The highest BCUT2D eigenvalue weighted by atomic mass is 32.2. The predicted octanol–water partition coefficient (Wildman–Crippen LogP) is 1.78. The van der Waals surface area contributed by atoms with Crippen molar-refractivity contribution < 1.29 is 12.8 Å². The number of halogens is 1. The van der Waals surface area contributed by atoms with E-state index in [1.165, 1.54) is 24.4 Å². The highest BCUT2D eigenvalue weighted by Gasteiger charge is 2.14. The van der Waals surface area contributed by atoms with Crippen LogP contribution in [0.4, 0.5) is 10.2 Å². The maximum absolute atomic E-state index is 13.4. The van der Waals surface area contributed by atoms with Crippen LogP contribution in [0.2, 0.25) is 0 Å². The van der Waals surface area contributed by atoms with Crippen molar-refractivity contribution in [2.45, 2.75) is 11.3 Å². The summed E-state index contributed by atoms with van der Waals surface area (Å²) < 4.78 is 40.1. The van der Waals surface area contributed by atoms with Crippen molar-refractivity contribution in [3.63, 3.8) is 0 Å². The Kier molecular flexibility index (Phi) is 4.87. The minimum absolute atomic E-state index is 0.121. The van der Waals surface area contributed by atoms with Crippen LogP contribution in [-0.4, -0.2) is 27.0 Å². The number of sulfonamides is 1. The van der Waals surface area contributed by atoms with Gasteiger partial charge in [-0.25, -0.2) is 22.5 Å². The van der Waals surface area contributed by atoms with Crippen LogP contribution in [0, 0.1) is 5.82 Å². The van der Waals surface area contributed by atoms with Gasteiger partial charge in [-0.1, -0.05) is 18.2 Å². The molecule has 0 bridgehead atoms. The van der Waals surface area contributed by atoms with Gasteiger partial charge >= 0.3 is 0 Å². The topological polar surface area (TPSA) is 71.1 Å². The first kappa shape index (κ1) is 15.4. The quantitative estimate of drug-likeness (QED) is 0.853. The second-order valence-corrected chi connectivity index (χ2v) is 6.13. The van der Waals surface area contributed by atoms with Gasteiger partial charge < -0.3 is 5.32 Å². The summed E-state index contributed by atoms with van der Waals surface area (Å²) in [5.74, 6) is 0.130. The minimum atomic E-state index is -3.63. The molecule has 2 rings (SSSR count). The van der Waals surface area contributed by atoms with Crippen LogP contribution in [-0.2, 0) is 16.4 Å². The molecule has 1 aromatic carbocycles. The molecule has 0 spiro atoms. The Morgan fingerprint density at radius 1 is 1.24 bits per heavy atom. The van der Waals surface area contributed by atoms with Crippen molar-refractivity contribution in [2.75, 3.05) is 18.9 Å². The third kappa shape index (κ3) is 3.99. The number of benzene rings is 1. The van der Waals surface area contributed by atoms with Gasteiger partial charge in [0.05, 0.1) is 4.90 Å². The third-order valence-electron chi connectivity index (χ3n) is 2.94. The average molecular weight is 309 g/mol. The fourth-order valence-corrected chi connectivity index (χ4v) is 2.86. The maximum atomic E-state index is 13.4. The first-order chi connectivity index (χ1) is 10.0. The standard InChI is InChI=1S/C14H16FN3O2S/c1-16-14-10-12(7-8-17-14)21(19,20)18-9-6-11-4-2-3-5-13(11)15/h2-5,7-8,10,18H,6,9H2,1H3,(H,16,17). The summed E-state index contributed by atoms with van der Waals surface area (Å²) in [6.07, 6.45) is 1.70. The van der Waals surface area contributed by atoms with Gasteiger partial charge in [0.25, 0.3) is 0 Å². The van der Waals surface area contributed by atoms with Crippen LogP contribution < -0.4 is 10.0 Å². The number of hydrogen-bond acceptors (Lipinski definition) is 4. The lowest BCUT2D eigenvalue weighted by Gasteiger charge is -2.08. The highest BCUT2D eigenvalue weighted by molar-refractivity contribution is 7.89. The molecule has 0 aliphatic rings. The second kappa shape index (κ2) is 6.64. The number of rotatable bonds is 6. The molecule has 7 heteroatoms. The van der Waals surface area contributed by atoms with E-state index in [0.717, 1.165) is 0 Å². The Morgan fingerprint density at radius 3 is 2.71 bits per heavy atom. The molecular weight excluding hydrogens is 293 g/mol. The van der Waals surface area contributed by atoms with Gasteiger partial charge in [0, 0.05) is 25.9 Å². The molecule has 21 heavy (non-hydrogen) atoms. The van der Waals surface area contributed by atoms with E-state index in [-0.39, 0.29) is 23.7 Å². The summed E-state index contributed by atoms with van der Waals surface area (Å²) >= 11 is 0. The molecule has 0 saturated heterocycles. The monoisotopic (exact) mass is 309 g/mol. The van der Waals surface area contributed by atoms with Crippen LogP contribution in [0.15, 0.2) is 47.5 Å². The van der Waals surface area contributed by atoms with E-state index in [2.05, 4.69) is 15.0 Å². The van der Waals surface area contributed by atoms with Gasteiger partial charge in [0.2, 0.25) is 10.0 Å². The summed E-state index contributed by atoms with van der Waals surface area (Å²) in [5, 5.41) is 2.78. The van der Waals surface area contributed by atoms with E-state index >= 15 is 0 Å². The van der Waals surface area contributed by atoms with Gasteiger partial charge in [-0.05, 0) is 24.1 Å². The van der Waals surface area contributed by atoms with Gasteiger partial charge in [0.15, 0.2) is 0 Å². The van der Waals surface area contributed by atoms with Gasteiger partial charge in [-0.3, -0.25) is 0 Å². The molecule has 5 nitrogen and oxygen atoms in total. The van der Waals surface area contributed by atoms with Gasteiger partial charge in [-0.15, -0.1) is 0 Å². The molecule has 0 unspecified atom stereocenters. The van der Waals surface area contributed by atoms with Crippen LogP contribution >= 0.6 is 0 Å². The molecule has 1 heterocycles. The molecule has 2 aromatic rings. The number of hydrogen-bond donors (Lipinski definition) is 2. The van der Waals surface area contributed by atoms with Crippen LogP contribution in [0.25, 0.3) is 0 Å². The van der Waals surface area contributed by atoms with Crippen LogP contribution in [0.5, 0.6) is 0 Å². The smallest absolute Gasteiger partial charge is 0.240 e.